The summed E-state index contributed by atoms with van der Waals surface area (Å²) in [5, 5.41) is 21.5. The molecule has 0 bridgehead atoms. The third-order valence-electron chi connectivity index (χ3n) is 5.95. The molecule has 1 aromatic carbocycles. The molecular weight excluding hydrogens is 513 g/mol. The average Bonchev–Trinajstić information content (AvgIpc) is 3.24. The Morgan fingerprint density at radius 3 is 2.61 bits per heavy atom. The minimum absolute atomic E-state index is 0.00361. The number of benzene rings is 1. The average molecular weight is 544 g/mol. The van der Waals surface area contributed by atoms with Gasteiger partial charge in [-0.2, -0.15) is 13.2 Å². The van der Waals surface area contributed by atoms with Crippen molar-refractivity contribution in [2.45, 2.75) is 38.4 Å². The molecule has 1 aromatic heterocycles. The number of amides is 1. The van der Waals surface area contributed by atoms with Crippen LogP contribution >= 0.6 is 0 Å². The van der Waals surface area contributed by atoms with E-state index in [-0.39, 0.29) is 55.3 Å². The van der Waals surface area contributed by atoms with Crippen LogP contribution in [0, 0.1) is 6.92 Å². The molecule has 0 radical (unpaired) electrons. The maximum atomic E-state index is 13.4. The number of halogens is 3. The third-order valence-corrected chi connectivity index (χ3v) is 5.95. The SMILES string of the molecule is Cc1cn([C@H]2C[C@H](O)C(=CO)O2)c(=O)n(CCOCCNC(=O)c2ccc([NH+](C)C)c(C(F)(F)F)c2)c1=O. The Balaban J connectivity index is 1.56. The smallest absolute Gasteiger partial charge is 0.422 e. The van der Waals surface area contributed by atoms with Gasteiger partial charge in [-0.15, -0.1) is 0 Å². The van der Waals surface area contributed by atoms with Crippen molar-refractivity contribution in [3.63, 3.8) is 0 Å². The molecule has 14 heteroatoms. The first-order chi connectivity index (χ1) is 17.8. The highest BCUT2D eigenvalue weighted by atomic mass is 19.4. The summed E-state index contributed by atoms with van der Waals surface area (Å²) in [6.45, 7) is 1.29. The lowest BCUT2D eigenvalue weighted by Crippen LogP contribution is -3.00. The molecule has 0 unspecified atom stereocenters. The van der Waals surface area contributed by atoms with Gasteiger partial charge in [-0.1, -0.05) is 0 Å². The molecule has 2 aromatic rings. The molecule has 0 aliphatic carbocycles. The number of carbonyl (C=O) groups is 1. The molecule has 11 nitrogen and oxygen atoms in total. The molecule has 0 spiro atoms. The Labute approximate surface area is 215 Å². The van der Waals surface area contributed by atoms with Crippen LogP contribution in [0.3, 0.4) is 0 Å². The third kappa shape index (κ3) is 6.44. The molecule has 1 saturated heterocycles. The van der Waals surface area contributed by atoms with E-state index in [4.69, 9.17) is 14.6 Å². The van der Waals surface area contributed by atoms with E-state index in [0.717, 1.165) is 15.2 Å². The van der Waals surface area contributed by atoms with Crippen LogP contribution in [-0.4, -0.2) is 65.2 Å². The molecule has 208 valence electrons. The van der Waals surface area contributed by atoms with Crippen molar-refractivity contribution in [3.05, 3.63) is 73.9 Å². The van der Waals surface area contributed by atoms with E-state index in [1.165, 1.54) is 25.3 Å². The second kappa shape index (κ2) is 11.8. The van der Waals surface area contributed by atoms with Gasteiger partial charge in [0.05, 0.1) is 33.9 Å². The standard InChI is InChI=1S/C24H29F3N4O7/c1-14-12-31(20-11-18(33)19(13-32)38-20)23(36)30(22(14)35)7-9-37-8-6-28-21(34)15-4-5-17(29(2)3)16(10-15)24(25,26)27/h4-5,10,12-13,18,20,32-33H,6-9,11H2,1-3H3,(H,28,34)/p+1/t18-,20+/m0/s1. The van der Waals surface area contributed by atoms with Gasteiger partial charge in [0, 0.05) is 36.4 Å². The van der Waals surface area contributed by atoms with Crippen molar-refractivity contribution in [1.82, 2.24) is 14.5 Å². The summed E-state index contributed by atoms with van der Waals surface area (Å²) in [6.07, 6.45) is -4.69. The number of carbonyl (C=O) groups excluding carboxylic acids is 1. The summed E-state index contributed by atoms with van der Waals surface area (Å²) in [7, 11) is 3.11. The first kappa shape index (κ1) is 28.9. The number of ether oxygens (including phenoxy) is 2. The number of nitrogens with zero attached hydrogens (tertiary/aromatic N) is 2. The summed E-state index contributed by atoms with van der Waals surface area (Å²) >= 11 is 0. The molecule has 3 rings (SSSR count). The highest BCUT2D eigenvalue weighted by Gasteiger charge is 2.37. The lowest BCUT2D eigenvalue weighted by Gasteiger charge is -2.17. The van der Waals surface area contributed by atoms with Crippen molar-refractivity contribution in [3.8, 4) is 0 Å². The maximum Gasteiger partial charge on any atom is 0.422 e. The number of hydrogen-bond donors (Lipinski definition) is 4. The Morgan fingerprint density at radius 1 is 1.29 bits per heavy atom. The van der Waals surface area contributed by atoms with Crippen molar-refractivity contribution in [2.24, 2.45) is 0 Å². The zero-order valence-electron chi connectivity index (χ0n) is 21.0. The quantitative estimate of drug-likeness (QED) is 0.263. The first-order valence-corrected chi connectivity index (χ1v) is 11.7. The number of rotatable bonds is 9. The molecule has 2 atom stereocenters. The van der Waals surface area contributed by atoms with Gasteiger partial charge in [-0.05, 0) is 19.1 Å². The van der Waals surface area contributed by atoms with Crippen molar-refractivity contribution in [2.75, 3.05) is 33.9 Å². The van der Waals surface area contributed by atoms with Gasteiger partial charge < -0.3 is 29.9 Å². The summed E-state index contributed by atoms with van der Waals surface area (Å²) in [5.41, 5.74) is -2.01. The van der Waals surface area contributed by atoms with Gasteiger partial charge in [0.1, 0.15) is 23.6 Å². The van der Waals surface area contributed by atoms with E-state index in [1.54, 1.807) is 14.1 Å². The van der Waals surface area contributed by atoms with Crippen LogP contribution in [-0.2, 0) is 22.2 Å². The summed E-state index contributed by atoms with van der Waals surface area (Å²) in [5.74, 6) is -0.792. The number of aryl methyl sites for hydroxylation is 1. The Hall–Kier alpha value is -3.62. The zero-order chi connectivity index (χ0) is 28.2. The van der Waals surface area contributed by atoms with Gasteiger partial charge in [0.15, 0.2) is 12.0 Å². The highest BCUT2D eigenvalue weighted by Crippen LogP contribution is 2.34. The van der Waals surface area contributed by atoms with Crippen LogP contribution in [0.2, 0.25) is 0 Å². The van der Waals surface area contributed by atoms with Crippen LogP contribution in [0.25, 0.3) is 0 Å². The number of aromatic nitrogens is 2. The second-order valence-corrected chi connectivity index (χ2v) is 8.94. The molecule has 1 aliphatic heterocycles. The lowest BCUT2D eigenvalue weighted by molar-refractivity contribution is -0.787. The molecule has 2 heterocycles. The summed E-state index contributed by atoms with van der Waals surface area (Å²) in [4.78, 5) is 38.1. The Morgan fingerprint density at radius 2 is 2.00 bits per heavy atom. The molecule has 1 amide bonds. The predicted molar refractivity (Wildman–Crippen MR) is 128 cm³/mol. The number of nitrogens with one attached hydrogen (secondary N) is 2. The normalized spacial score (nSPS) is 18.7. The largest absolute Gasteiger partial charge is 0.512 e. The minimum Gasteiger partial charge on any atom is -0.512 e. The number of hydrogen-bond acceptors (Lipinski definition) is 7. The van der Waals surface area contributed by atoms with Crippen molar-refractivity contribution in [1.29, 1.82) is 0 Å². The van der Waals surface area contributed by atoms with Crippen LogP contribution in [0.15, 0.2) is 46.0 Å². The number of aliphatic hydroxyl groups excluding tert-OH is 2. The monoisotopic (exact) mass is 543 g/mol. The summed E-state index contributed by atoms with van der Waals surface area (Å²) in [6, 6.07) is 3.38. The molecule has 1 aliphatic rings. The van der Waals surface area contributed by atoms with Crippen molar-refractivity contribution < 1.29 is 42.6 Å². The number of aliphatic hydroxyl groups is 2. The van der Waals surface area contributed by atoms with E-state index < -0.39 is 41.2 Å². The van der Waals surface area contributed by atoms with E-state index in [0.29, 0.717) is 11.2 Å². The number of quaternary nitrogens is 1. The fraction of sp³-hybridized carbons (Fsp3) is 0.458. The van der Waals surface area contributed by atoms with E-state index >= 15 is 0 Å². The molecule has 1 fully saturated rings. The fourth-order valence-electron chi connectivity index (χ4n) is 3.99. The highest BCUT2D eigenvalue weighted by molar-refractivity contribution is 5.94. The summed E-state index contributed by atoms with van der Waals surface area (Å²) < 4.78 is 53.0. The fourth-order valence-corrected chi connectivity index (χ4v) is 3.99. The molecule has 4 N–H and O–H groups in total. The van der Waals surface area contributed by atoms with E-state index in [1.807, 2.05) is 0 Å². The van der Waals surface area contributed by atoms with E-state index in [2.05, 4.69) is 5.32 Å². The lowest BCUT2D eigenvalue weighted by atomic mass is 10.1. The second-order valence-electron chi connectivity index (χ2n) is 8.94. The zero-order valence-corrected chi connectivity index (χ0v) is 21.0. The van der Waals surface area contributed by atoms with Gasteiger partial charge in [-0.3, -0.25) is 18.7 Å². The first-order valence-electron chi connectivity index (χ1n) is 11.7. The Kier molecular flexibility index (Phi) is 9.01. The predicted octanol–water partition coefficient (Wildman–Crippen LogP) is 0.239. The number of alkyl halides is 3. The van der Waals surface area contributed by atoms with Crippen molar-refractivity contribution >= 4 is 11.6 Å². The van der Waals surface area contributed by atoms with Gasteiger partial charge >= 0.3 is 11.9 Å². The maximum absolute atomic E-state index is 13.4. The van der Waals surface area contributed by atoms with Crippen LogP contribution in [0.5, 0.6) is 0 Å². The van der Waals surface area contributed by atoms with Crippen LogP contribution < -0.4 is 21.5 Å². The van der Waals surface area contributed by atoms with Gasteiger partial charge in [-0.25, -0.2) is 4.79 Å². The van der Waals surface area contributed by atoms with Gasteiger partial charge in [0.25, 0.3) is 11.5 Å². The topological polar surface area (TPSA) is 136 Å². The van der Waals surface area contributed by atoms with E-state index in [9.17, 15) is 32.7 Å². The Bertz CT molecular complexity index is 1320. The minimum atomic E-state index is -4.61. The van der Waals surface area contributed by atoms with Crippen LogP contribution in [0.1, 0.15) is 34.1 Å². The van der Waals surface area contributed by atoms with Gasteiger partial charge in [0.2, 0.25) is 0 Å². The molecule has 0 saturated carbocycles. The molecular formula is C24H30F3N4O7+. The molecule has 38 heavy (non-hydrogen) atoms. The van der Waals surface area contributed by atoms with Crippen LogP contribution in [0.4, 0.5) is 18.9 Å².